The van der Waals surface area contributed by atoms with Gasteiger partial charge < -0.3 is 4.74 Å². The lowest BCUT2D eigenvalue weighted by molar-refractivity contribution is 0.0460. The number of hydrogen-bond acceptors (Lipinski definition) is 3. The zero-order chi connectivity index (χ0) is 9.56. The number of methoxy groups -OCH3 is 1. The van der Waals surface area contributed by atoms with Crippen molar-refractivity contribution in [1.82, 2.24) is 5.43 Å². The second-order valence-corrected chi connectivity index (χ2v) is 3.50. The topological polar surface area (TPSA) is 47.3 Å². The summed E-state index contributed by atoms with van der Waals surface area (Å²) >= 11 is 0. The van der Waals surface area contributed by atoms with Gasteiger partial charge in [-0.1, -0.05) is 27.2 Å². The van der Waals surface area contributed by atoms with E-state index in [-0.39, 0.29) is 12.1 Å². The molecule has 0 amide bonds. The largest absolute Gasteiger partial charge is 0.380 e. The van der Waals surface area contributed by atoms with E-state index in [1.54, 1.807) is 7.11 Å². The highest BCUT2D eigenvalue weighted by molar-refractivity contribution is 4.77. The molecule has 3 nitrogen and oxygen atoms in total. The van der Waals surface area contributed by atoms with Gasteiger partial charge in [-0.2, -0.15) is 0 Å². The predicted molar refractivity (Wildman–Crippen MR) is 51.7 cm³/mol. The molecule has 74 valence electrons. The molecular weight excluding hydrogens is 152 g/mol. The van der Waals surface area contributed by atoms with Crippen LogP contribution in [0.5, 0.6) is 0 Å². The minimum Gasteiger partial charge on any atom is -0.380 e. The van der Waals surface area contributed by atoms with Gasteiger partial charge in [0.05, 0.1) is 6.10 Å². The fourth-order valence-corrected chi connectivity index (χ4v) is 1.46. The van der Waals surface area contributed by atoms with E-state index in [0.29, 0.717) is 5.92 Å². The van der Waals surface area contributed by atoms with Crippen molar-refractivity contribution in [1.29, 1.82) is 0 Å². The average Bonchev–Trinajstić information content (AvgIpc) is 2.03. The number of hydrazine groups is 1. The fourth-order valence-electron chi connectivity index (χ4n) is 1.46. The highest BCUT2D eigenvalue weighted by Gasteiger charge is 2.21. The lowest BCUT2D eigenvalue weighted by atomic mass is 9.96. The summed E-state index contributed by atoms with van der Waals surface area (Å²) in [6.07, 6.45) is 2.42. The Labute approximate surface area is 75.6 Å². The van der Waals surface area contributed by atoms with Crippen LogP contribution in [-0.2, 0) is 4.74 Å². The Balaban J connectivity index is 4.02. The highest BCUT2D eigenvalue weighted by Crippen LogP contribution is 2.12. The van der Waals surface area contributed by atoms with Gasteiger partial charge in [0, 0.05) is 13.2 Å². The Morgan fingerprint density at radius 2 is 2.00 bits per heavy atom. The van der Waals surface area contributed by atoms with Crippen LogP contribution in [0.3, 0.4) is 0 Å². The van der Waals surface area contributed by atoms with Crippen molar-refractivity contribution >= 4 is 0 Å². The highest BCUT2D eigenvalue weighted by atomic mass is 16.5. The number of ether oxygens (including phenoxy) is 1. The van der Waals surface area contributed by atoms with Crippen LogP contribution in [0, 0.1) is 5.92 Å². The van der Waals surface area contributed by atoms with Gasteiger partial charge in [0.15, 0.2) is 0 Å². The maximum atomic E-state index is 5.45. The van der Waals surface area contributed by atoms with Gasteiger partial charge in [0.2, 0.25) is 0 Å². The summed E-state index contributed by atoms with van der Waals surface area (Å²) < 4.78 is 5.36. The molecule has 2 atom stereocenters. The molecule has 0 aromatic carbocycles. The molecule has 3 N–H and O–H groups in total. The van der Waals surface area contributed by atoms with E-state index in [1.165, 1.54) is 0 Å². The summed E-state index contributed by atoms with van der Waals surface area (Å²) in [5, 5.41) is 0. The molecule has 0 rings (SSSR count). The molecule has 2 unspecified atom stereocenters. The van der Waals surface area contributed by atoms with Gasteiger partial charge in [-0.25, -0.2) is 0 Å². The molecule has 3 heteroatoms. The number of hydrogen-bond donors (Lipinski definition) is 2. The third kappa shape index (κ3) is 3.52. The zero-order valence-electron chi connectivity index (χ0n) is 8.63. The molecule has 0 bridgehead atoms. The summed E-state index contributed by atoms with van der Waals surface area (Å²) in [7, 11) is 1.74. The van der Waals surface area contributed by atoms with Crippen molar-refractivity contribution in [2.75, 3.05) is 7.11 Å². The van der Waals surface area contributed by atoms with E-state index in [2.05, 4.69) is 26.2 Å². The molecule has 0 aliphatic carbocycles. The maximum Gasteiger partial charge on any atom is 0.0740 e. The second-order valence-electron chi connectivity index (χ2n) is 3.50. The van der Waals surface area contributed by atoms with Crippen molar-refractivity contribution in [2.24, 2.45) is 11.8 Å². The van der Waals surface area contributed by atoms with Gasteiger partial charge in [0.1, 0.15) is 0 Å². The Morgan fingerprint density at radius 3 is 2.25 bits per heavy atom. The Kier molecular flexibility index (Phi) is 6.34. The number of nitrogens with two attached hydrogens (primary N) is 1. The fraction of sp³-hybridized carbons (Fsp3) is 1.00. The normalized spacial score (nSPS) is 16.5. The first-order chi connectivity index (χ1) is 5.67. The molecular formula is C9H22N2O. The van der Waals surface area contributed by atoms with Crippen LogP contribution in [0.1, 0.15) is 33.6 Å². The summed E-state index contributed by atoms with van der Waals surface area (Å²) in [6, 6.07) is 0.259. The van der Waals surface area contributed by atoms with E-state index in [1.807, 2.05) is 0 Å². The van der Waals surface area contributed by atoms with Crippen LogP contribution in [-0.4, -0.2) is 19.3 Å². The second kappa shape index (κ2) is 6.40. The van der Waals surface area contributed by atoms with Crippen LogP contribution in [0.25, 0.3) is 0 Å². The molecule has 0 fully saturated rings. The molecule has 0 saturated carbocycles. The first-order valence-electron chi connectivity index (χ1n) is 4.66. The Bertz CT molecular complexity index is 107. The third-order valence-corrected chi connectivity index (χ3v) is 2.19. The van der Waals surface area contributed by atoms with Crippen LogP contribution < -0.4 is 11.3 Å². The SMILES string of the molecule is CCCC(OC)C(NN)C(C)C. The van der Waals surface area contributed by atoms with Gasteiger partial charge >= 0.3 is 0 Å². The van der Waals surface area contributed by atoms with E-state index in [0.717, 1.165) is 12.8 Å². The van der Waals surface area contributed by atoms with E-state index < -0.39 is 0 Å². The lowest BCUT2D eigenvalue weighted by Crippen LogP contribution is -2.48. The Morgan fingerprint density at radius 1 is 1.42 bits per heavy atom. The van der Waals surface area contributed by atoms with E-state index in [4.69, 9.17) is 10.6 Å². The van der Waals surface area contributed by atoms with E-state index >= 15 is 0 Å². The molecule has 0 spiro atoms. The minimum atomic E-state index is 0.236. The quantitative estimate of drug-likeness (QED) is 0.471. The van der Waals surface area contributed by atoms with Crippen molar-refractivity contribution in [2.45, 2.75) is 45.8 Å². The molecule has 0 aromatic heterocycles. The van der Waals surface area contributed by atoms with Crippen LogP contribution in [0.2, 0.25) is 0 Å². The molecule has 0 radical (unpaired) electrons. The van der Waals surface area contributed by atoms with Crippen molar-refractivity contribution in [3.05, 3.63) is 0 Å². The molecule has 0 aromatic rings. The van der Waals surface area contributed by atoms with Gasteiger partial charge in [0.25, 0.3) is 0 Å². The van der Waals surface area contributed by atoms with Gasteiger partial charge in [-0.15, -0.1) is 0 Å². The average molecular weight is 174 g/mol. The first kappa shape index (κ1) is 11.9. The number of nitrogens with one attached hydrogen (secondary N) is 1. The van der Waals surface area contributed by atoms with Crippen LogP contribution >= 0.6 is 0 Å². The van der Waals surface area contributed by atoms with E-state index in [9.17, 15) is 0 Å². The summed E-state index contributed by atoms with van der Waals surface area (Å²) in [6.45, 7) is 6.44. The van der Waals surface area contributed by atoms with Crippen molar-refractivity contribution < 1.29 is 4.74 Å². The lowest BCUT2D eigenvalue weighted by Gasteiger charge is -2.28. The molecule has 0 heterocycles. The number of rotatable bonds is 6. The first-order valence-corrected chi connectivity index (χ1v) is 4.66. The maximum absolute atomic E-state index is 5.45. The molecule has 0 aliphatic rings. The molecule has 0 aliphatic heterocycles. The van der Waals surface area contributed by atoms with Crippen LogP contribution in [0.15, 0.2) is 0 Å². The molecule has 0 saturated heterocycles. The van der Waals surface area contributed by atoms with Crippen molar-refractivity contribution in [3.63, 3.8) is 0 Å². The smallest absolute Gasteiger partial charge is 0.0740 e. The minimum absolute atomic E-state index is 0.236. The Hall–Kier alpha value is -0.120. The summed E-state index contributed by atoms with van der Waals surface area (Å²) in [5.74, 6) is 5.96. The molecule has 12 heavy (non-hydrogen) atoms. The van der Waals surface area contributed by atoms with Crippen LogP contribution in [0.4, 0.5) is 0 Å². The monoisotopic (exact) mass is 174 g/mol. The summed E-state index contributed by atoms with van der Waals surface area (Å²) in [4.78, 5) is 0. The third-order valence-electron chi connectivity index (χ3n) is 2.19. The van der Waals surface area contributed by atoms with Gasteiger partial charge in [-0.3, -0.25) is 11.3 Å². The van der Waals surface area contributed by atoms with Gasteiger partial charge in [-0.05, 0) is 12.3 Å². The predicted octanol–water partition coefficient (Wildman–Crippen LogP) is 1.29. The zero-order valence-corrected chi connectivity index (χ0v) is 8.63. The summed E-state index contributed by atoms with van der Waals surface area (Å²) in [5.41, 5.74) is 2.81. The van der Waals surface area contributed by atoms with Crippen molar-refractivity contribution in [3.8, 4) is 0 Å². The standard InChI is InChI=1S/C9H22N2O/c1-5-6-8(12-4)9(11-10)7(2)3/h7-9,11H,5-6,10H2,1-4H3.